The van der Waals surface area contributed by atoms with E-state index in [1.54, 1.807) is 0 Å². The molecule has 0 radical (unpaired) electrons. The maximum atomic E-state index is 12.9. The highest BCUT2D eigenvalue weighted by molar-refractivity contribution is 4.85. The second-order valence-electron chi connectivity index (χ2n) is 6.18. The molecule has 1 fully saturated rings. The zero-order valence-corrected chi connectivity index (χ0v) is 11.7. The van der Waals surface area contributed by atoms with Crippen LogP contribution in [0.3, 0.4) is 0 Å². The van der Waals surface area contributed by atoms with Crippen molar-refractivity contribution in [3.05, 3.63) is 0 Å². The Labute approximate surface area is 109 Å². The Morgan fingerprint density at radius 2 is 1.72 bits per heavy atom. The van der Waals surface area contributed by atoms with Crippen LogP contribution in [-0.4, -0.2) is 18.8 Å². The van der Waals surface area contributed by atoms with Gasteiger partial charge in [-0.25, -0.2) is 0 Å². The van der Waals surface area contributed by atoms with Gasteiger partial charge in [0, 0.05) is 6.04 Å². The molecule has 0 spiro atoms. The zero-order chi connectivity index (χ0) is 13.8. The average Bonchev–Trinajstić information content (AvgIpc) is 2.24. The van der Waals surface area contributed by atoms with Crippen molar-refractivity contribution in [2.24, 2.45) is 17.8 Å². The van der Waals surface area contributed by atoms with Gasteiger partial charge >= 0.3 is 6.18 Å². The molecule has 0 bridgehead atoms. The Hall–Kier alpha value is -0.250. The fourth-order valence-electron chi connectivity index (χ4n) is 3.01. The minimum atomic E-state index is -4.04. The number of alkyl halides is 3. The second-order valence-corrected chi connectivity index (χ2v) is 6.18. The first-order valence-electron chi connectivity index (χ1n) is 7.10. The van der Waals surface area contributed by atoms with E-state index in [1.807, 2.05) is 0 Å². The van der Waals surface area contributed by atoms with Crippen LogP contribution in [0.15, 0.2) is 0 Å². The first kappa shape index (κ1) is 15.8. The monoisotopic (exact) mass is 265 g/mol. The Balaban J connectivity index is 2.43. The highest BCUT2D eigenvalue weighted by Gasteiger charge is 2.45. The number of halogens is 3. The van der Waals surface area contributed by atoms with Crippen molar-refractivity contribution in [3.8, 4) is 0 Å². The predicted molar refractivity (Wildman–Crippen MR) is 68.4 cm³/mol. The molecule has 1 rings (SSSR count). The fraction of sp³-hybridized carbons (Fsp3) is 1.00. The SMILES string of the molecule is CC(C)CC(C)CNC1CCCCC1C(F)(F)F. The third-order valence-electron chi connectivity index (χ3n) is 3.79. The smallest absolute Gasteiger partial charge is 0.313 e. The third-order valence-corrected chi connectivity index (χ3v) is 3.79. The van der Waals surface area contributed by atoms with Crippen LogP contribution in [0.1, 0.15) is 52.9 Å². The largest absolute Gasteiger partial charge is 0.393 e. The van der Waals surface area contributed by atoms with Gasteiger partial charge in [0.25, 0.3) is 0 Å². The van der Waals surface area contributed by atoms with E-state index in [0.717, 1.165) is 12.8 Å². The minimum absolute atomic E-state index is 0.291. The molecule has 0 aromatic rings. The molecule has 0 amide bonds. The molecular formula is C14H26F3N. The zero-order valence-electron chi connectivity index (χ0n) is 11.7. The lowest BCUT2D eigenvalue weighted by Crippen LogP contribution is -2.46. The quantitative estimate of drug-likeness (QED) is 0.778. The molecule has 0 aromatic heterocycles. The second kappa shape index (κ2) is 6.78. The summed E-state index contributed by atoms with van der Waals surface area (Å²) in [6.07, 6.45) is -0.388. The first-order valence-corrected chi connectivity index (χ1v) is 7.10. The summed E-state index contributed by atoms with van der Waals surface area (Å²) in [5.41, 5.74) is 0. The first-order chi connectivity index (χ1) is 8.30. The maximum Gasteiger partial charge on any atom is 0.393 e. The average molecular weight is 265 g/mol. The van der Waals surface area contributed by atoms with E-state index in [-0.39, 0.29) is 6.04 Å². The van der Waals surface area contributed by atoms with E-state index in [9.17, 15) is 13.2 Å². The lowest BCUT2D eigenvalue weighted by molar-refractivity contribution is -0.189. The number of hydrogen-bond donors (Lipinski definition) is 1. The summed E-state index contributed by atoms with van der Waals surface area (Å²) in [5, 5.41) is 3.16. The third kappa shape index (κ3) is 5.17. The molecule has 0 saturated heterocycles. The molecule has 3 unspecified atom stereocenters. The topological polar surface area (TPSA) is 12.0 Å². The molecule has 1 aliphatic carbocycles. The van der Waals surface area contributed by atoms with Crippen LogP contribution < -0.4 is 5.32 Å². The molecule has 4 heteroatoms. The molecule has 3 atom stereocenters. The van der Waals surface area contributed by atoms with Gasteiger partial charge in [-0.2, -0.15) is 13.2 Å². The van der Waals surface area contributed by atoms with E-state index in [0.29, 0.717) is 37.6 Å². The lowest BCUT2D eigenvalue weighted by atomic mass is 9.83. The van der Waals surface area contributed by atoms with E-state index in [1.165, 1.54) is 0 Å². The van der Waals surface area contributed by atoms with E-state index in [4.69, 9.17) is 0 Å². The standard InChI is InChI=1S/C14H26F3N/c1-10(2)8-11(3)9-18-13-7-5-4-6-12(13)14(15,16)17/h10-13,18H,4-9H2,1-3H3. The van der Waals surface area contributed by atoms with Crippen molar-refractivity contribution in [1.29, 1.82) is 0 Å². The van der Waals surface area contributed by atoms with Gasteiger partial charge in [0.2, 0.25) is 0 Å². The number of hydrogen-bond acceptors (Lipinski definition) is 1. The van der Waals surface area contributed by atoms with Crippen LogP contribution in [0.5, 0.6) is 0 Å². The molecule has 1 N–H and O–H groups in total. The highest BCUT2D eigenvalue weighted by atomic mass is 19.4. The molecule has 1 saturated carbocycles. The normalized spacial score (nSPS) is 27.5. The molecule has 1 aliphatic rings. The minimum Gasteiger partial charge on any atom is -0.313 e. The van der Waals surface area contributed by atoms with Gasteiger partial charge < -0.3 is 5.32 Å². The van der Waals surface area contributed by atoms with E-state index >= 15 is 0 Å². The van der Waals surface area contributed by atoms with Crippen molar-refractivity contribution in [1.82, 2.24) is 5.32 Å². The Morgan fingerprint density at radius 1 is 1.11 bits per heavy atom. The van der Waals surface area contributed by atoms with Crippen LogP contribution in [0, 0.1) is 17.8 Å². The Bertz CT molecular complexity index is 238. The van der Waals surface area contributed by atoms with Crippen molar-refractivity contribution in [2.75, 3.05) is 6.54 Å². The van der Waals surface area contributed by atoms with Crippen LogP contribution in [-0.2, 0) is 0 Å². The van der Waals surface area contributed by atoms with Gasteiger partial charge in [0.15, 0.2) is 0 Å². The lowest BCUT2D eigenvalue weighted by Gasteiger charge is -2.34. The van der Waals surface area contributed by atoms with Crippen LogP contribution >= 0.6 is 0 Å². The Kier molecular flexibility index (Phi) is 5.96. The van der Waals surface area contributed by atoms with Gasteiger partial charge in [-0.05, 0) is 37.6 Å². The molecule has 18 heavy (non-hydrogen) atoms. The summed E-state index contributed by atoms with van der Waals surface area (Å²) in [5.74, 6) is -0.0927. The fourth-order valence-corrected chi connectivity index (χ4v) is 3.01. The number of rotatable bonds is 5. The van der Waals surface area contributed by atoms with E-state index < -0.39 is 12.1 Å². The molecule has 0 aromatic carbocycles. The van der Waals surface area contributed by atoms with Crippen molar-refractivity contribution in [3.63, 3.8) is 0 Å². The number of nitrogens with one attached hydrogen (secondary N) is 1. The van der Waals surface area contributed by atoms with Crippen molar-refractivity contribution < 1.29 is 13.2 Å². The van der Waals surface area contributed by atoms with Gasteiger partial charge in [-0.1, -0.05) is 33.6 Å². The van der Waals surface area contributed by atoms with Crippen molar-refractivity contribution in [2.45, 2.75) is 65.1 Å². The summed E-state index contributed by atoms with van der Waals surface area (Å²) in [4.78, 5) is 0. The summed E-state index contributed by atoms with van der Waals surface area (Å²) < 4.78 is 38.7. The molecule has 1 nitrogen and oxygen atoms in total. The Morgan fingerprint density at radius 3 is 2.28 bits per heavy atom. The van der Waals surface area contributed by atoms with Crippen LogP contribution in [0.2, 0.25) is 0 Å². The van der Waals surface area contributed by atoms with Gasteiger partial charge in [0.1, 0.15) is 0 Å². The summed E-state index contributed by atoms with van der Waals surface area (Å²) in [6, 6.07) is -0.367. The summed E-state index contributed by atoms with van der Waals surface area (Å²) in [6.45, 7) is 7.11. The van der Waals surface area contributed by atoms with Crippen LogP contribution in [0.4, 0.5) is 13.2 Å². The molecular weight excluding hydrogens is 239 g/mol. The van der Waals surface area contributed by atoms with E-state index in [2.05, 4.69) is 26.1 Å². The molecule has 108 valence electrons. The predicted octanol–water partition coefficient (Wildman–Crippen LogP) is 4.38. The maximum absolute atomic E-state index is 12.9. The van der Waals surface area contributed by atoms with Gasteiger partial charge in [-0.3, -0.25) is 0 Å². The van der Waals surface area contributed by atoms with Crippen molar-refractivity contribution >= 4 is 0 Å². The molecule has 0 heterocycles. The highest BCUT2D eigenvalue weighted by Crippen LogP contribution is 2.37. The van der Waals surface area contributed by atoms with Crippen LogP contribution in [0.25, 0.3) is 0 Å². The van der Waals surface area contributed by atoms with Gasteiger partial charge in [0.05, 0.1) is 5.92 Å². The summed E-state index contributed by atoms with van der Waals surface area (Å²) >= 11 is 0. The molecule has 0 aliphatic heterocycles. The summed E-state index contributed by atoms with van der Waals surface area (Å²) in [7, 11) is 0. The van der Waals surface area contributed by atoms with Gasteiger partial charge in [-0.15, -0.1) is 0 Å².